The smallest absolute Gasteiger partial charge is 0.239 e. The van der Waals surface area contributed by atoms with Crippen LogP contribution >= 0.6 is 11.8 Å². The Labute approximate surface area is 107 Å². The van der Waals surface area contributed by atoms with Gasteiger partial charge in [0, 0.05) is 33.0 Å². The third kappa shape index (κ3) is 9.95. The Hall–Kier alpha value is -0.950. The van der Waals surface area contributed by atoms with Crippen molar-refractivity contribution in [3.63, 3.8) is 0 Å². The quantitative estimate of drug-likeness (QED) is 0.306. The number of methoxy groups -OCH3 is 1. The molecule has 1 amide bonds. The van der Waals surface area contributed by atoms with Crippen LogP contribution in [0.2, 0.25) is 0 Å². The number of aliphatic imine (C=N–C) groups is 1. The summed E-state index contributed by atoms with van der Waals surface area (Å²) in [6.45, 7) is 2.08. The van der Waals surface area contributed by atoms with Gasteiger partial charge in [-0.25, -0.2) is 0 Å². The molecule has 0 aromatic carbocycles. The van der Waals surface area contributed by atoms with Gasteiger partial charge in [-0.1, -0.05) is 0 Å². The van der Waals surface area contributed by atoms with Crippen molar-refractivity contribution >= 4 is 23.6 Å². The molecule has 7 heteroatoms. The third-order valence-corrected chi connectivity index (χ3v) is 2.48. The number of guanidine groups is 1. The summed E-state index contributed by atoms with van der Waals surface area (Å²) in [5, 5.41) is 8.76. The average molecular weight is 262 g/mol. The monoisotopic (exact) mass is 262 g/mol. The van der Waals surface area contributed by atoms with E-state index in [1.165, 1.54) is 0 Å². The fraction of sp³-hybridized carbons (Fsp3) is 0.800. The van der Waals surface area contributed by atoms with Gasteiger partial charge in [0.25, 0.3) is 0 Å². The first-order valence-corrected chi connectivity index (χ1v) is 6.83. The van der Waals surface area contributed by atoms with Crippen LogP contribution < -0.4 is 16.0 Å². The van der Waals surface area contributed by atoms with E-state index in [-0.39, 0.29) is 12.5 Å². The molecule has 17 heavy (non-hydrogen) atoms. The predicted molar refractivity (Wildman–Crippen MR) is 72.6 cm³/mol. The van der Waals surface area contributed by atoms with Gasteiger partial charge in [0.15, 0.2) is 5.96 Å². The van der Waals surface area contributed by atoms with Crippen molar-refractivity contribution in [2.45, 2.75) is 0 Å². The summed E-state index contributed by atoms with van der Waals surface area (Å²) < 4.78 is 4.83. The molecule has 0 aromatic rings. The van der Waals surface area contributed by atoms with Crippen LogP contribution in [0.4, 0.5) is 0 Å². The van der Waals surface area contributed by atoms with E-state index in [0.717, 1.165) is 12.3 Å². The highest BCUT2D eigenvalue weighted by atomic mass is 32.2. The number of nitrogens with one attached hydrogen (secondary N) is 3. The first-order valence-electron chi connectivity index (χ1n) is 5.43. The standard InChI is InChI=1S/C10H22N4O2S/c1-11-10(13-5-7-17-3)14-8-9(15)12-4-6-16-2/h4-8H2,1-3H3,(H,12,15)(H2,11,13,14). The first kappa shape index (κ1) is 16.1. The number of hydrogen-bond donors (Lipinski definition) is 3. The van der Waals surface area contributed by atoms with E-state index in [1.807, 2.05) is 6.26 Å². The molecule has 0 bridgehead atoms. The van der Waals surface area contributed by atoms with Crippen LogP contribution in [-0.2, 0) is 9.53 Å². The Morgan fingerprint density at radius 2 is 2.06 bits per heavy atom. The van der Waals surface area contributed by atoms with Gasteiger partial charge in [-0.15, -0.1) is 0 Å². The van der Waals surface area contributed by atoms with Crippen LogP contribution in [0.5, 0.6) is 0 Å². The summed E-state index contributed by atoms with van der Waals surface area (Å²) in [6, 6.07) is 0. The third-order valence-electron chi connectivity index (χ3n) is 1.87. The van der Waals surface area contributed by atoms with Crippen molar-refractivity contribution in [2.75, 3.05) is 52.4 Å². The average Bonchev–Trinajstić information content (AvgIpc) is 2.34. The summed E-state index contributed by atoms with van der Waals surface area (Å²) in [6.07, 6.45) is 2.04. The lowest BCUT2D eigenvalue weighted by molar-refractivity contribution is -0.120. The van der Waals surface area contributed by atoms with Gasteiger partial charge in [-0.05, 0) is 6.26 Å². The highest BCUT2D eigenvalue weighted by Crippen LogP contribution is 1.86. The predicted octanol–water partition coefficient (Wildman–Crippen LogP) is -0.723. The molecule has 0 spiro atoms. The molecular weight excluding hydrogens is 240 g/mol. The summed E-state index contributed by atoms with van der Waals surface area (Å²) in [4.78, 5) is 15.4. The molecule has 0 aliphatic carbocycles. The lowest BCUT2D eigenvalue weighted by atomic mass is 10.5. The molecule has 0 rings (SSSR count). The number of amides is 1. The number of carbonyl (C=O) groups is 1. The number of rotatable bonds is 8. The molecule has 0 aliphatic rings. The second kappa shape index (κ2) is 11.5. The molecule has 100 valence electrons. The van der Waals surface area contributed by atoms with E-state index >= 15 is 0 Å². The van der Waals surface area contributed by atoms with E-state index in [0.29, 0.717) is 19.1 Å². The molecule has 6 nitrogen and oxygen atoms in total. The first-order chi connectivity index (χ1) is 8.24. The highest BCUT2D eigenvalue weighted by molar-refractivity contribution is 7.98. The van der Waals surface area contributed by atoms with Crippen molar-refractivity contribution < 1.29 is 9.53 Å². The highest BCUT2D eigenvalue weighted by Gasteiger charge is 2.02. The molecule has 0 saturated heterocycles. The molecule has 0 heterocycles. The molecular formula is C10H22N4O2S. The fourth-order valence-corrected chi connectivity index (χ4v) is 1.32. The zero-order chi connectivity index (χ0) is 12.9. The number of carbonyl (C=O) groups excluding carboxylic acids is 1. The summed E-state index contributed by atoms with van der Waals surface area (Å²) in [5.41, 5.74) is 0. The molecule has 0 saturated carbocycles. The minimum atomic E-state index is -0.0742. The Kier molecular flexibility index (Phi) is 10.9. The zero-order valence-corrected chi connectivity index (χ0v) is 11.5. The number of nitrogens with zero attached hydrogens (tertiary/aromatic N) is 1. The SMILES string of the molecule is CN=C(NCCSC)NCC(=O)NCCOC. The van der Waals surface area contributed by atoms with Crippen LogP contribution in [0.3, 0.4) is 0 Å². The van der Waals surface area contributed by atoms with Crippen molar-refractivity contribution in [3.8, 4) is 0 Å². The maximum Gasteiger partial charge on any atom is 0.239 e. The number of ether oxygens (including phenoxy) is 1. The van der Waals surface area contributed by atoms with Crippen LogP contribution in [0, 0.1) is 0 Å². The topological polar surface area (TPSA) is 74.8 Å². The summed E-state index contributed by atoms with van der Waals surface area (Å²) in [5.74, 6) is 1.57. The van der Waals surface area contributed by atoms with Gasteiger partial charge in [-0.3, -0.25) is 9.79 Å². The van der Waals surface area contributed by atoms with Gasteiger partial charge in [0.05, 0.1) is 13.2 Å². The zero-order valence-electron chi connectivity index (χ0n) is 10.7. The lowest BCUT2D eigenvalue weighted by Crippen LogP contribution is -2.44. The maximum absolute atomic E-state index is 11.4. The van der Waals surface area contributed by atoms with Crippen LogP contribution in [-0.4, -0.2) is 64.3 Å². The van der Waals surface area contributed by atoms with Crippen LogP contribution in [0.1, 0.15) is 0 Å². The largest absolute Gasteiger partial charge is 0.383 e. The number of hydrogen-bond acceptors (Lipinski definition) is 4. The van der Waals surface area contributed by atoms with E-state index in [4.69, 9.17) is 4.74 Å². The van der Waals surface area contributed by atoms with Crippen LogP contribution in [0.15, 0.2) is 4.99 Å². The Bertz CT molecular complexity index is 236. The minimum absolute atomic E-state index is 0.0742. The van der Waals surface area contributed by atoms with Crippen LogP contribution in [0.25, 0.3) is 0 Å². The molecule has 0 aromatic heterocycles. The molecule has 0 aliphatic heterocycles. The Morgan fingerprint density at radius 3 is 2.65 bits per heavy atom. The van der Waals surface area contributed by atoms with Crippen molar-refractivity contribution in [2.24, 2.45) is 4.99 Å². The lowest BCUT2D eigenvalue weighted by Gasteiger charge is -2.11. The Morgan fingerprint density at radius 1 is 1.29 bits per heavy atom. The maximum atomic E-state index is 11.4. The van der Waals surface area contributed by atoms with E-state index in [2.05, 4.69) is 20.9 Å². The van der Waals surface area contributed by atoms with Gasteiger partial charge in [-0.2, -0.15) is 11.8 Å². The van der Waals surface area contributed by atoms with E-state index in [1.54, 1.807) is 25.9 Å². The van der Waals surface area contributed by atoms with E-state index in [9.17, 15) is 4.79 Å². The van der Waals surface area contributed by atoms with E-state index < -0.39 is 0 Å². The summed E-state index contributed by atoms with van der Waals surface area (Å²) >= 11 is 1.75. The fourth-order valence-electron chi connectivity index (χ4n) is 1.01. The molecule has 0 radical (unpaired) electrons. The van der Waals surface area contributed by atoms with Gasteiger partial charge in [0.1, 0.15) is 0 Å². The molecule has 0 atom stereocenters. The summed E-state index contributed by atoms with van der Waals surface area (Å²) in [7, 11) is 3.28. The van der Waals surface area contributed by atoms with Crippen molar-refractivity contribution in [1.29, 1.82) is 0 Å². The molecule has 3 N–H and O–H groups in total. The van der Waals surface area contributed by atoms with Gasteiger partial charge < -0.3 is 20.7 Å². The van der Waals surface area contributed by atoms with Crippen molar-refractivity contribution in [1.82, 2.24) is 16.0 Å². The van der Waals surface area contributed by atoms with Gasteiger partial charge >= 0.3 is 0 Å². The Balaban J connectivity index is 3.64. The minimum Gasteiger partial charge on any atom is -0.383 e. The second-order valence-electron chi connectivity index (χ2n) is 3.19. The molecule has 0 fully saturated rings. The second-order valence-corrected chi connectivity index (χ2v) is 4.17. The molecule has 0 unspecified atom stereocenters. The van der Waals surface area contributed by atoms with Crippen molar-refractivity contribution in [3.05, 3.63) is 0 Å². The number of thioether (sulfide) groups is 1. The normalized spacial score (nSPS) is 11.1. The van der Waals surface area contributed by atoms with Gasteiger partial charge in [0.2, 0.25) is 5.91 Å².